The maximum atomic E-state index is 12.2. The molecule has 3 aromatic rings. The first-order chi connectivity index (χ1) is 11.7. The van der Waals surface area contributed by atoms with E-state index in [1.54, 1.807) is 36.5 Å². The molecule has 0 aliphatic heterocycles. The van der Waals surface area contributed by atoms with Gasteiger partial charge < -0.3 is 10.1 Å². The van der Waals surface area contributed by atoms with Crippen LogP contribution in [0.25, 0.3) is 0 Å². The minimum absolute atomic E-state index is 0.194. The van der Waals surface area contributed by atoms with Crippen molar-refractivity contribution in [1.29, 1.82) is 0 Å². The molecule has 120 valence electrons. The molecule has 0 radical (unpaired) electrons. The molecule has 0 saturated heterocycles. The summed E-state index contributed by atoms with van der Waals surface area (Å²) in [6, 6.07) is 20.7. The maximum absolute atomic E-state index is 12.2. The monoisotopic (exact) mass is 318 g/mol. The summed E-state index contributed by atoms with van der Waals surface area (Å²) in [5, 5.41) is 2.77. The van der Waals surface area contributed by atoms with E-state index in [0.717, 1.165) is 16.9 Å². The Labute approximate surface area is 141 Å². The van der Waals surface area contributed by atoms with Gasteiger partial charge in [-0.3, -0.25) is 4.79 Å². The summed E-state index contributed by atoms with van der Waals surface area (Å²) in [4.78, 5) is 16.4. The van der Waals surface area contributed by atoms with Crippen LogP contribution in [0.5, 0.6) is 5.75 Å². The third-order valence-electron chi connectivity index (χ3n) is 3.52. The highest BCUT2D eigenvalue weighted by atomic mass is 16.5. The molecule has 0 spiro atoms. The number of amides is 1. The molecule has 2 aromatic carbocycles. The molecule has 3 rings (SSSR count). The van der Waals surface area contributed by atoms with Crippen LogP contribution < -0.4 is 10.1 Å². The van der Waals surface area contributed by atoms with Crippen molar-refractivity contribution in [1.82, 2.24) is 4.98 Å². The number of anilines is 1. The summed E-state index contributed by atoms with van der Waals surface area (Å²) >= 11 is 0. The quantitative estimate of drug-likeness (QED) is 0.766. The van der Waals surface area contributed by atoms with Crippen molar-refractivity contribution in [3.63, 3.8) is 0 Å². The highest BCUT2D eigenvalue weighted by Gasteiger charge is 2.07. The minimum Gasteiger partial charge on any atom is -0.489 e. The molecule has 4 nitrogen and oxygen atoms in total. The van der Waals surface area contributed by atoms with Gasteiger partial charge in [-0.05, 0) is 48.4 Å². The second kappa shape index (κ2) is 7.42. The highest BCUT2D eigenvalue weighted by molar-refractivity contribution is 6.03. The van der Waals surface area contributed by atoms with Crippen molar-refractivity contribution in [2.45, 2.75) is 13.5 Å². The van der Waals surface area contributed by atoms with Gasteiger partial charge in [0.15, 0.2) is 0 Å². The molecule has 0 fully saturated rings. The summed E-state index contributed by atoms with van der Waals surface area (Å²) in [5.74, 6) is 1.07. The van der Waals surface area contributed by atoms with Crippen molar-refractivity contribution < 1.29 is 9.53 Å². The summed E-state index contributed by atoms with van der Waals surface area (Å²) in [5.41, 5.74) is 2.71. The molecule has 0 atom stereocenters. The van der Waals surface area contributed by atoms with Crippen LogP contribution in [-0.2, 0) is 6.61 Å². The molecule has 24 heavy (non-hydrogen) atoms. The molecule has 4 heteroatoms. The van der Waals surface area contributed by atoms with E-state index in [1.165, 1.54) is 0 Å². The van der Waals surface area contributed by atoms with Crippen LogP contribution in [0, 0.1) is 6.92 Å². The Balaban J connectivity index is 1.59. The largest absolute Gasteiger partial charge is 0.489 e. The van der Waals surface area contributed by atoms with Gasteiger partial charge in [0.05, 0.1) is 0 Å². The first-order valence-electron chi connectivity index (χ1n) is 7.71. The Hall–Kier alpha value is -3.14. The van der Waals surface area contributed by atoms with Crippen molar-refractivity contribution >= 4 is 11.7 Å². The Kier molecular flexibility index (Phi) is 4.87. The second-order valence-corrected chi connectivity index (χ2v) is 5.47. The number of carbonyl (C=O) groups excluding carboxylic acids is 1. The SMILES string of the molecule is Cc1ccc(NC(=O)c2ccc(OCc3ccccc3)cc2)nc1. The lowest BCUT2D eigenvalue weighted by atomic mass is 10.2. The zero-order chi connectivity index (χ0) is 16.8. The minimum atomic E-state index is -0.194. The number of ether oxygens (including phenoxy) is 1. The number of benzene rings is 2. The Bertz CT molecular complexity index is 797. The predicted molar refractivity (Wildman–Crippen MR) is 94.1 cm³/mol. The predicted octanol–water partition coefficient (Wildman–Crippen LogP) is 4.22. The molecule has 1 aromatic heterocycles. The Morgan fingerprint density at radius 3 is 2.42 bits per heavy atom. The van der Waals surface area contributed by atoms with Crippen LogP contribution >= 0.6 is 0 Å². The van der Waals surface area contributed by atoms with E-state index < -0.39 is 0 Å². The lowest BCUT2D eigenvalue weighted by Gasteiger charge is -2.08. The van der Waals surface area contributed by atoms with Crippen molar-refractivity contribution in [3.05, 3.63) is 89.6 Å². The van der Waals surface area contributed by atoms with Gasteiger partial charge in [-0.2, -0.15) is 0 Å². The topological polar surface area (TPSA) is 51.2 Å². The van der Waals surface area contributed by atoms with Crippen LogP contribution in [0.1, 0.15) is 21.5 Å². The van der Waals surface area contributed by atoms with E-state index >= 15 is 0 Å². The molecular weight excluding hydrogens is 300 g/mol. The summed E-state index contributed by atoms with van der Waals surface area (Å²) < 4.78 is 5.71. The normalized spacial score (nSPS) is 10.2. The summed E-state index contributed by atoms with van der Waals surface area (Å²) in [6.07, 6.45) is 1.72. The van der Waals surface area contributed by atoms with Gasteiger partial charge >= 0.3 is 0 Å². The summed E-state index contributed by atoms with van der Waals surface area (Å²) in [7, 11) is 0. The molecule has 0 saturated carbocycles. The molecule has 1 amide bonds. The zero-order valence-corrected chi connectivity index (χ0v) is 13.4. The van der Waals surface area contributed by atoms with Gasteiger partial charge in [0, 0.05) is 11.8 Å². The van der Waals surface area contributed by atoms with E-state index in [1.807, 2.05) is 43.3 Å². The van der Waals surface area contributed by atoms with E-state index in [-0.39, 0.29) is 5.91 Å². The average Bonchev–Trinajstić information content (AvgIpc) is 2.63. The molecule has 1 N–H and O–H groups in total. The van der Waals surface area contributed by atoms with Gasteiger partial charge in [0.25, 0.3) is 5.91 Å². The molecule has 0 aliphatic carbocycles. The smallest absolute Gasteiger partial charge is 0.256 e. The fraction of sp³-hybridized carbons (Fsp3) is 0.100. The molecule has 0 unspecified atom stereocenters. The third-order valence-corrected chi connectivity index (χ3v) is 3.52. The first kappa shape index (κ1) is 15.7. The van der Waals surface area contributed by atoms with E-state index in [2.05, 4.69) is 10.3 Å². The highest BCUT2D eigenvalue weighted by Crippen LogP contribution is 2.15. The molecule has 1 heterocycles. The fourth-order valence-corrected chi connectivity index (χ4v) is 2.17. The van der Waals surface area contributed by atoms with Crippen LogP contribution in [0.3, 0.4) is 0 Å². The number of aromatic nitrogens is 1. The Morgan fingerprint density at radius 1 is 1.00 bits per heavy atom. The van der Waals surface area contributed by atoms with Crippen molar-refractivity contribution in [2.24, 2.45) is 0 Å². The maximum Gasteiger partial charge on any atom is 0.256 e. The van der Waals surface area contributed by atoms with Gasteiger partial charge in [0.2, 0.25) is 0 Å². The standard InChI is InChI=1S/C20H18N2O2/c1-15-7-12-19(21-13-15)22-20(23)17-8-10-18(11-9-17)24-14-16-5-3-2-4-6-16/h2-13H,14H2,1H3,(H,21,22,23). The van der Waals surface area contributed by atoms with Gasteiger partial charge in [-0.15, -0.1) is 0 Å². The van der Waals surface area contributed by atoms with Crippen molar-refractivity contribution in [2.75, 3.05) is 5.32 Å². The van der Waals surface area contributed by atoms with E-state index in [9.17, 15) is 4.79 Å². The Morgan fingerprint density at radius 2 is 1.75 bits per heavy atom. The number of aryl methyl sites for hydroxylation is 1. The molecule has 0 bridgehead atoms. The van der Waals surface area contributed by atoms with Gasteiger partial charge in [0.1, 0.15) is 18.2 Å². The van der Waals surface area contributed by atoms with Gasteiger partial charge in [-0.25, -0.2) is 4.98 Å². The number of hydrogen-bond donors (Lipinski definition) is 1. The number of carbonyl (C=O) groups is 1. The lowest BCUT2D eigenvalue weighted by molar-refractivity contribution is 0.102. The second-order valence-electron chi connectivity index (χ2n) is 5.47. The molecule has 0 aliphatic rings. The third kappa shape index (κ3) is 4.20. The lowest BCUT2D eigenvalue weighted by Crippen LogP contribution is -2.12. The van der Waals surface area contributed by atoms with E-state index in [0.29, 0.717) is 18.0 Å². The van der Waals surface area contributed by atoms with Crippen LogP contribution in [0.2, 0.25) is 0 Å². The van der Waals surface area contributed by atoms with Crippen LogP contribution in [0.4, 0.5) is 5.82 Å². The van der Waals surface area contributed by atoms with E-state index in [4.69, 9.17) is 4.74 Å². The fourth-order valence-electron chi connectivity index (χ4n) is 2.17. The van der Waals surface area contributed by atoms with Crippen LogP contribution in [-0.4, -0.2) is 10.9 Å². The number of nitrogens with one attached hydrogen (secondary N) is 1. The first-order valence-corrected chi connectivity index (χ1v) is 7.71. The summed E-state index contributed by atoms with van der Waals surface area (Å²) in [6.45, 7) is 2.45. The average molecular weight is 318 g/mol. The van der Waals surface area contributed by atoms with Gasteiger partial charge in [-0.1, -0.05) is 36.4 Å². The number of pyridine rings is 1. The van der Waals surface area contributed by atoms with Crippen LogP contribution in [0.15, 0.2) is 72.9 Å². The number of rotatable bonds is 5. The number of nitrogens with zero attached hydrogens (tertiary/aromatic N) is 1. The van der Waals surface area contributed by atoms with Crippen molar-refractivity contribution in [3.8, 4) is 5.75 Å². The zero-order valence-electron chi connectivity index (χ0n) is 13.4. The number of hydrogen-bond acceptors (Lipinski definition) is 3. The molecular formula is C20H18N2O2.